The van der Waals surface area contributed by atoms with Crippen molar-refractivity contribution in [2.24, 2.45) is 5.92 Å². The van der Waals surface area contributed by atoms with Crippen molar-refractivity contribution < 1.29 is 14.3 Å². The van der Waals surface area contributed by atoms with Gasteiger partial charge in [-0.2, -0.15) is 0 Å². The number of fused-ring (bicyclic) bond motifs is 1. The first-order chi connectivity index (χ1) is 12.6. The second-order valence-electron chi connectivity index (χ2n) is 6.91. The van der Waals surface area contributed by atoms with Crippen molar-refractivity contribution in [2.45, 2.75) is 31.5 Å². The molecule has 2 aromatic carbocycles. The zero-order valence-corrected chi connectivity index (χ0v) is 14.5. The Morgan fingerprint density at radius 3 is 2.46 bits per heavy atom. The first-order valence-corrected chi connectivity index (χ1v) is 8.96. The smallest absolute Gasteiger partial charge is 0.242 e. The third-order valence-electron chi connectivity index (χ3n) is 5.36. The van der Waals surface area contributed by atoms with Crippen LogP contribution in [0.5, 0.6) is 5.75 Å². The van der Waals surface area contributed by atoms with Crippen LogP contribution in [-0.4, -0.2) is 28.5 Å². The Balaban J connectivity index is 1.78. The summed E-state index contributed by atoms with van der Waals surface area (Å²) >= 11 is 0. The maximum atomic E-state index is 13.4. The zero-order valence-electron chi connectivity index (χ0n) is 14.5. The van der Waals surface area contributed by atoms with Crippen molar-refractivity contribution >= 4 is 5.91 Å². The van der Waals surface area contributed by atoms with Gasteiger partial charge in [-0.15, -0.1) is 0 Å². The molecule has 5 nitrogen and oxygen atoms in total. The molecular formula is C20H22FN3O2. The summed E-state index contributed by atoms with van der Waals surface area (Å²) in [5.41, 5.74) is 7.97. The van der Waals surface area contributed by atoms with Gasteiger partial charge in [-0.1, -0.05) is 37.3 Å². The van der Waals surface area contributed by atoms with Crippen molar-refractivity contribution in [2.75, 3.05) is 6.54 Å². The fourth-order valence-electron chi connectivity index (χ4n) is 4.27. The molecule has 3 N–H and O–H groups in total. The van der Waals surface area contributed by atoms with Crippen molar-refractivity contribution in [1.82, 2.24) is 15.8 Å². The molecule has 1 amide bonds. The molecular weight excluding hydrogens is 333 g/mol. The number of phenols is 1. The lowest BCUT2D eigenvalue weighted by Crippen LogP contribution is -2.41. The molecule has 0 spiro atoms. The van der Waals surface area contributed by atoms with E-state index in [4.69, 9.17) is 0 Å². The Bertz CT molecular complexity index is 811. The Morgan fingerprint density at radius 2 is 1.77 bits per heavy atom. The van der Waals surface area contributed by atoms with Crippen molar-refractivity contribution in [3.8, 4) is 5.75 Å². The third-order valence-corrected chi connectivity index (χ3v) is 5.36. The predicted molar refractivity (Wildman–Crippen MR) is 95.5 cm³/mol. The fraction of sp³-hybridized carbons (Fsp3) is 0.350. The van der Waals surface area contributed by atoms with E-state index in [1.165, 1.54) is 12.1 Å². The van der Waals surface area contributed by atoms with Crippen molar-refractivity contribution in [3.05, 3.63) is 65.5 Å². The number of amides is 1. The number of rotatable bonds is 4. The van der Waals surface area contributed by atoms with Crippen molar-refractivity contribution in [1.29, 1.82) is 0 Å². The van der Waals surface area contributed by atoms with Gasteiger partial charge in [0, 0.05) is 18.0 Å². The van der Waals surface area contributed by atoms with Crippen LogP contribution in [0.3, 0.4) is 0 Å². The summed E-state index contributed by atoms with van der Waals surface area (Å²) in [6, 6.07) is 12.8. The number of nitrogens with one attached hydrogen (secondary N) is 2. The number of phenolic OH excluding ortho intramolecular Hbond substituents is 1. The Morgan fingerprint density at radius 1 is 1.08 bits per heavy atom. The SMILES string of the molecule is CCCN1C(=O)C2NNC(c3ccccc3O)C2C1c1ccc(F)cc1. The maximum Gasteiger partial charge on any atom is 0.242 e. The number of benzene rings is 2. The molecule has 4 atom stereocenters. The number of carbonyl (C=O) groups is 1. The molecule has 2 saturated heterocycles. The monoisotopic (exact) mass is 355 g/mol. The number of nitrogens with zero attached hydrogens (tertiary/aromatic N) is 1. The number of likely N-dealkylation sites (tertiary alicyclic amines) is 1. The van der Waals surface area contributed by atoms with E-state index in [9.17, 15) is 14.3 Å². The number of carbonyl (C=O) groups excluding carboxylic acids is 1. The summed E-state index contributed by atoms with van der Waals surface area (Å²) in [7, 11) is 0. The molecule has 136 valence electrons. The van der Waals surface area contributed by atoms with E-state index >= 15 is 0 Å². The summed E-state index contributed by atoms with van der Waals surface area (Å²) in [5.74, 6) is -0.160. The van der Waals surface area contributed by atoms with E-state index < -0.39 is 0 Å². The highest BCUT2D eigenvalue weighted by Gasteiger charge is 2.55. The van der Waals surface area contributed by atoms with Crippen LogP contribution in [0.1, 0.15) is 36.6 Å². The highest BCUT2D eigenvalue weighted by atomic mass is 19.1. The number of para-hydroxylation sites is 1. The van der Waals surface area contributed by atoms with Gasteiger partial charge in [0.2, 0.25) is 5.91 Å². The summed E-state index contributed by atoms with van der Waals surface area (Å²) in [6.45, 7) is 2.68. The molecule has 4 rings (SSSR count). The van der Waals surface area contributed by atoms with E-state index in [1.54, 1.807) is 24.3 Å². The van der Waals surface area contributed by atoms with E-state index in [1.807, 2.05) is 24.0 Å². The molecule has 0 radical (unpaired) electrons. The molecule has 26 heavy (non-hydrogen) atoms. The quantitative estimate of drug-likeness (QED) is 0.789. The third kappa shape index (κ3) is 2.66. The average Bonchev–Trinajstić information content (AvgIpc) is 3.17. The normalized spacial score (nSPS) is 27.8. The Hall–Kier alpha value is -2.44. The van der Waals surface area contributed by atoms with Crippen LogP contribution >= 0.6 is 0 Å². The molecule has 0 aliphatic carbocycles. The number of hydrogen-bond donors (Lipinski definition) is 3. The van der Waals surface area contributed by atoms with Crippen LogP contribution in [-0.2, 0) is 4.79 Å². The predicted octanol–water partition coefficient (Wildman–Crippen LogP) is 2.66. The molecule has 2 aliphatic rings. The van der Waals surface area contributed by atoms with Crippen molar-refractivity contribution in [3.63, 3.8) is 0 Å². The lowest BCUT2D eigenvalue weighted by Gasteiger charge is -2.31. The van der Waals surface area contributed by atoms with Crippen LogP contribution in [0, 0.1) is 11.7 Å². The van der Waals surface area contributed by atoms with Gasteiger partial charge in [-0.25, -0.2) is 15.2 Å². The molecule has 2 heterocycles. The number of hydrogen-bond acceptors (Lipinski definition) is 4. The van der Waals surface area contributed by atoms with Gasteiger partial charge >= 0.3 is 0 Å². The zero-order chi connectivity index (χ0) is 18.3. The molecule has 2 aromatic rings. The molecule has 4 unspecified atom stereocenters. The lowest BCUT2D eigenvalue weighted by molar-refractivity contribution is -0.130. The van der Waals surface area contributed by atoms with Crippen LogP contribution in [0.15, 0.2) is 48.5 Å². The molecule has 0 saturated carbocycles. The molecule has 2 fully saturated rings. The van der Waals surface area contributed by atoms with Crippen LogP contribution in [0.4, 0.5) is 4.39 Å². The highest BCUT2D eigenvalue weighted by molar-refractivity contribution is 5.86. The van der Waals surface area contributed by atoms with Gasteiger partial charge in [-0.3, -0.25) is 4.79 Å². The van der Waals surface area contributed by atoms with E-state index in [0.29, 0.717) is 6.54 Å². The average molecular weight is 355 g/mol. The molecule has 0 bridgehead atoms. The van der Waals surface area contributed by atoms with Gasteiger partial charge in [0.05, 0.1) is 12.1 Å². The van der Waals surface area contributed by atoms with Gasteiger partial charge in [0.25, 0.3) is 0 Å². The topological polar surface area (TPSA) is 64.6 Å². The molecule has 6 heteroatoms. The second kappa shape index (κ2) is 6.70. The lowest BCUT2D eigenvalue weighted by atomic mass is 9.83. The first-order valence-electron chi connectivity index (χ1n) is 8.96. The minimum Gasteiger partial charge on any atom is -0.508 e. The summed E-state index contributed by atoms with van der Waals surface area (Å²) in [4.78, 5) is 14.9. The van der Waals surface area contributed by atoms with E-state index in [0.717, 1.165) is 17.5 Å². The summed E-state index contributed by atoms with van der Waals surface area (Å²) in [6.07, 6.45) is 0.845. The Labute approximate surface area is 151 Å². The van der Waals surface area contributed by atoms with Crippen LogP contribution in [0.2, 0.25) is 0 Å². The first kappa shape index (κ1) is 17.0. The van der Waals surface area contributed by atoms with E-state index in [2.05, 4.69) is 10.9 Å². The maximum absolute atomic E-state index is 13.4. The fourth-order valence-corrected chi connectivity index (χ4v) is 4.27. The number of hydrazine groups is 1. The minimum atomic E-state index is -0.374. The minimum absolute atomic E-state index is 0.0385. The largest absolute Gasteiger partial charge is 0.508 e. The van der Waals surface area contributed by atoms with Crippen LogP contribution < -0.4 is 10.9 Å². The second-order valence-corrected chi connectivity index (χ2v) is 6.91. The van der Waals surface area contributed by atoms with Gasteiger partial charge in [-0.05, 0) is 30.2 Å². The van der Waals surface area contributed by atoms with E-state index in [-0.39, 0.29) is 41.5 Å². The number of aromatic hydroxyl groups is 1. The van der Waals surface area contributed by atoms with Gasteiger partial charge in [0.15, 0.2) is 0 Å². The molecule has 2 aliphatic heterocycles. The Kier molecular flexibility index (Phi) is 4.38. The summed E-state index contributed by atoms with van der Waals surface area (Å²) in [5, 5.41) is 10.3. The van der Waals surface area contributed by atoms with Gasteiger partial charge in [0.1, 0.15) is 17.6 Å². The summed E-state index contributed by atoms with van der Waals surface area (Å²) < 4.78 is 13.4. The van der Waals surface area contributed by atoms with Gasteiger partial charge < -0.3 is 10.0 Å². The molecule has 0 aromatic heterocycles. The van der Waals surface area contributed by atoms with Crippen LogP contribution in [0.25, 0.3) is 0 Å². The number of halogens is 1. The highest BCUT2D eigenvalue weighted by Crippen LogP contribution is 2.48. The standard InChI is InChI=1S/C20H22FN3O2/c1-2-11-24-19(12-7-9-13(21)10-8-12)16-17(22-23-18(16)20(24)26)14-5-3-4-6-15(14)25/h3-10,16-19,22-23,25H,2,11H2,1H3.